The highest BCUT2D eigenvalue weighted by Gasteiger charge is 2.50. The van der Waals surface area contributed by atoms with Crippen molar-refractivity contribution < 1.29 is 36.6 Å². The predicted octanol–water partition coefficient (Wildman–Crippen LogP) is 5.09. The number of fused-ring (bicyclic) bond motifs is 2. The van der Waals surface area contributed by atoms with Crippen LogP contribution in [0.25, 0.3) is 0 Å². The molecule has 0 saturated carbocycles. The minimum absolute atomic E-state index is 0.0740. The molecule has 2 heterocycles. The molecule has 2 aliphatic rings. The van der Waals surface area contributed by atoms with Crippen molar-refractivity contribution in [3.05, 3.63) is 93.3 Å². The van der Waals surface area contributed by atoms with Crippen LogP contribution in [0.2, 0.25) is 5.02 Å². The highest BCUT2D eigenvalue weighted by atomic mass is 35.5. The van der Waals surface area contributed by atoms with Gasteiger partial charge in [-0.3, -0.25) is 9.69 Å². The number of hydrogen-bond donors (Lipinski definition) is 3. The van der Waals surface area contributed by atoms with Gasteiger partial charge in [-0.05, 0) is 48.5 Å². The molecule has 0 spiro atoms. The van der Waals surface area contributed by atoms with E-state index in [1.54, 1.807) is 0 Å². The van der Waals surface area contributed by atoms with E-state index in [-0.39, 0.29) is 33.1 Å². The number of alkyl halides is 2. The van der Waals surface area contributed by atoms with E-state index in [1.807, 2.05) is 0 Å². The molecule has 2 aliphatic heterocycles. The molecule has 3 amide bonds. The van der Waals surface area contributed by atoms with Crippen LogP contribution in [0.1, 0.15) is 33.1 Å². The minimum Gasteiger partial charge on any atom is -0.377 e. The van der Waals surface area contributed by atoms with Crippen molar-refractivity contribution in [2.75, 3.05) is 16.8 Å². The first-order valence-corrected chi connectivity index (χ1v) is 10.9. The van der Waals surface area contributed by atoms with Gasteiger partial charge in [0.2, 0.25) is 0 Å². The second-order valence-electron chi connectivity index (χ2n) is 8.39. The molecule has 5 rings (SSSR count). The van der Waals surface area contributed by atoms with Crippen LogP contribution in [-0.2, 0) is 5.60 Å². The third kappa shape index (κ3) is 3.75. The molecule has 3 aromatic rings. The summed E-state index contributed by atoms with van der Waals surface area (Å²) in [6.45, 7) is -0.914. The SMILES string of the molecule is O=C1NC(c2cc(F)ccc2Cl)c2c(NC(=O)N3CC(O)(C(F)F)c4cc(F)ccc43)cc(F)cc21. The van der Waals surface area contributed by atoms with Gasteiger partial charge in [-0.25, -0.2) is 26.7 Å². The quantitative estimate of drug-likeness (QED) is 0.418. The van der Waals surface area contributed by atoms with Crippen LogP contribution in [-0.4, -0.2) is 30.0 Å². The maximum atomic E-state index is 14.4. The number of halogens is 6. The fourth-order valence-corrected chi connectivity index (χ4v) is 4.75. The largest absolute Gasteiger partial charge is 0.377 e. The molecule has 12 heteroatoms. The van der Waals surface area contributed by atoms with E-state index in [0.717, 1.165) is 41.3 Å². The predicted molar refractivity (Wildman–Crippen MR) is 120 cm³/mol. The normalized spacial score (nSPS) is 20.4. The Bertz CT molecular complexity index is 1440. The van der Waals surface area contributed by atoms with E-state index >= 15 is 0 Å². The number of benzene rings is 3. The van der Waals surface area contributed by atoms with Crippen LogP contribution in [0.4, 0.5) is 38.1 Å². The number of nitrogens with one attached hydrogen (secondary N) is 2. The van der Waals surface area contributed by atoms with Crippen LogP contribution in [0, 0.1) is 17.5 Å². The Labute approximate surface area is 205 Å². The lowest BCUT2D eigenvalue weighted by Gasteiger charge is -2.24. The molecule has 0 saturated heterocycles. The number of hydrogen-bond acceptors (Lipinski definition) is 3. The molecule has 0 bridgehead atoms. The van der Waals surface area contributed by atoms with Gasteiger partial charge in [-0.15, -0.1) is 0 Å². The van der Waals surface area contributed by atoms with E-state index in [4.69, 9.17) is 11.6 Å². The Kier molecular flexibility index (Phi) is 5.64. The molecule has 2 atom stereocenters. The Morgan fingerprint density at radius 2 is 1.78 bits per heavy atom. The molecular formula is C24H15ClF5N3O3. The molecule has 6 nitrogen and oxygen atoms in total. The zero-order valence-electron chi connectivity index (χ0n) is 18.0. The summed E-state index contributed by atoms with van der Waals surface area (Å²) in [4.78, 5) is 26.5. The van der Waals surface area contributed by atoms with Gasteiger partial charge in [0, 0.05) is 27.3 Å². The van der Waals surface area contributed by atoms with Crippen molar-refractivity contribution in [2.45, 2.75) is 18.1 Å². The third-order valence-corrected chi connectivity index (χ3v) is 6.53. The molecule has 0 fully saturated rings. The van der Waals surface area contributed by atoms with Crippen LogP contribution in [0.15, 0.2) is 48.5 Å². The Hall–Kier alpha value is -3.70. The summed E-state index contributed by atoms with van der Waals surface area (Å²) in [5.41, 5.74) is -3.65. The van der Waals surface area contributed by atoms with E-state index in [1.165, 1.54) is 6.07 Å². The van der Waals surface area contributed by atoms with Crippen molar-refractivity contribution in [2.24, 2.45) is 0 Å². The fraction of sp³-hybridized carbons (Fsp3) is 0.167. The van der Waals surface area contributed by atoms with Gasteiger partial charge in [-0.2, -0.15) is 0 Å². The molecule has 0 radical (unpaired) electrons. The topological polar surface area (TPSA) is 81.7 Å². The van der Waals surface area contributed by atoms with E-state index < -0.39 is 59.6 Å². The molecule has 3 N–H and O–H groups in total. The first-order chi connectivity index (χ1) is 17.0. The average Bonchev–Trinajstić information content (AvgIpc) is 3.30. The van der Waals surface area contributed by atoms with Gasteiger partial charge in [0.05, 0.1) is 24.0 Å². The summed E-state index contributed by atoms with van der Waals surface area (Å²) in [6, 6.07) is 5.85. The first kappa shape index (κ1) is 24.0. The molecule has 2 unspecified atom stereocenters. The summed E-state index contributed by atoms with van der Waals surface area (Å²) in [7, 11) is 0. The van der Waals surface area contributed by atoms with Crippen molar-refractivity contribution in [1.29, 1.82) is 0 Å². The van der Waals surface area contributed by atoms with Gasteiger partial charge in [0.15, 0.2) is 5.60 Å². The number of aliphatic hydroxyl groups is 1. The molecular weight excluding hydrogens is 509 g/mol. The lowest BCUT2D eigenvalue weighted by molar-refractivity contribution is -0.0892. The highest BCUT2D eigenvalue weighted by Crippen LogP contribution is 2.44. The first-order valence-electron chi connectivity index (χ1n) is 10.5. The van der Waals surface area contributed by atoms with Crippen molar-refractivity contribution >= 4 is 34.9 Å². The van der Waals surface area contributed by atoms with Crippen molar-refractivity contribution in [3.8, 4) is 0 Å². The van der Waals surface area contributed by atoms with Gasteiger partial charge in [0.1, 0.15) is 17.5 Å². The molecule has 0 aromatic heterocycles. The summed E-state index contributed by atoms with van der Waals surface area (Å²) >= 11 is 6.20. The lowest BCUT2D eigenvalue weighted by Crippen LogP contribution is -2.43. The zero-order valence-corrected chi connectivity index (χ0v) is 18.7. The number of urea groups is 1. The van der Waals surface area contributed by atoms with Crippen LogP contribution >= 0.6 is 11.6 Å². The second kappa shape index (κ2) is 8.45. The van der Waals surface area contributed by atoms with Crippen LogP contribution < -0.4 is 15.5 Å². The summed E-state index contributed by atoms with van der Waals surface area (Å²) < 4.78 is 69.5. The number of amides is 3. The zero-order chi connectivity index (χ0) is 25.9. The fourth-order valence-electron chi connectivity index (χ4n) is 4.52. The van der Waals surface area contributed by atoms with Crippen molar-refractivity contribution in [3.63, 3.8) is 0 Å². The number of β-amino-alcohol motifs (C(OH)–C–C–N with tert-alkyl or cyclic N) is 1. The standard InChI is InChI=1S/C24H15ClF5N3O3/c25-16-3-1-10(26)5-13(16)20-19-14(21(34)32-20)6-12(28)8-17(19)31-23(35)33-9-24(36,22(29)30)15-7-11(27)2-4-18(15)33/h1-8,20,22,36H,9H2,(H,31,35)(H,32,34). The Balaban J connectivity index is 1.56. The van der Waals surface area contributed by atoms with Crippen LogP contribution in [0.3, 0.4) is 0 Å². The number of nitrogens with zero attached hydrogens (tertiary/aromatic N) is 1. The third-order valence-electron chi connectivity index (χ3n) is 6.19. The van der Waals surface area contributed by atoms with Crippen molar-refractivity contribution in [1.82, 2.24) is 5.32 Å². The van der Waals surface area contributed by atoms with Gasteiger partial charge < -0.3 is 15.7 Å². The maximum absolute atomic E-state index is 14.4. The second-order valence-corrected chi connectivity index (χ2v) is 8.80. The van der Waals surface area contributed by atoms with E-state index in [9.17, 15) is 36.6 Å². The number of carbonyl (C=O) groups is 2. The smallest absolute Gasteiger partial charge is 0.326 e. The van der Waals surface area contributed by atoms with E-state index in [0.29, 0.717) is 6.07 Å². The van der Waals surface area contributed by atoms with Gasteiger partial charge in [-0.1, -0.05) is 11.6 Å². The summed E-state index contributed by atoms with van der Waals surface area (Å²) in [5, 5.41) is 15.5. The number of anilines is 2. The highest BCUT2D eigenvalue weighted by molar-refractivity contribution is 6.31. The summed E-state index contributed by atoms with van der Waals surface area (Å²) in [5.74, 6) is -3.15. The Morgan fingerprint density at radius 3 is 2.50 bits per heavy atom. The van der Waals surface area contributed by atoms with Gasteiger partial charge in [0.25, 0.3) is 12.3 Å². The van der Waals surface area contributed by atoms with Crippen LogP contribution in [0.5, 0.6) is 0 Å². The molecule has 36 heavy (non-hydrogen) atoms. The maximum Gasteiger partial charge on any atom is 0.326 e. The molecule has 0 aliphatic carbocycles. The lowest BCUT2D eigenvalue weighted by atomic mass is 9.96. The number of carbonyl (C=O) groups excluding carboxylic acids is 2. The number of rotatable bonds is 3. The average molecular weight is 524 g/mol. The van der Waals surface area contributed by atoms with Gasteiger partial charge >= 0.3 is 6.03 Å². The Morgan fingerprint density at radius 1 is 1.08 bits per heavy atom. The van der Waals surface area contributed by atoms with E-state index in [2.05, 4.69) is 10.6 Å². The molecule has 186 valence electrons. The minimum atomic E-state index is -3.35. The monoisotopic (exact) mass is 523 g/mol. The summed E-state index contributed by atoms with van der Waals surface area (Å²) in [6.07, 6.45) is -3.35. The molecule has 3 aromatic carbocycles.